The molecule has 0 spiro atoms. The summed E-state index contributed by atoms with van der Waals surface area (Å²) in [4.78, 5) is 18.3. The quantitative estimate of drug-likeness (QED) is 0.705. The molecule has 0 aliphatic carbocycles. The van der Waals surface area contributed by atoms with Crippen LogP contribution in [0.2, 0.25) is 0 Å². The van der Waals surface area contributed by atoms with Crippen LogP contribution < -0.4 is 0 Å². The number of sulfonamides is 1. The first-order chi connectivity index (χ1) is 13.3. The second-order valence-electron chi connectivity index (χ2n) is 6.72. The molecule has 1 unspecified atom stereocenters. The van der Waals surface area contributed by atoms with Crippen LogP contribution in [0, 0.1) is 6.92 Å². The van der Waals surface area contributed by atoms with Crippen molar-refractivity contribution in [3.63, 3.8) is 0 Å². The fourth-order valence-electron chi connectivity index (χ4n) is 3.17. The summed E-state index contributed by atoms with van der Waals surface area (Å²) in [5.74, 6) is 0.513. The number of aryl methyl sites for hydroxylation is 1. The highest BCUT2D eigenvalue weighted by atomic mass is 32.2. The van der Waals surface area contributed by atoms with E-state index in [1.807, 2.05) is 30.3 Å². The average Bonchev–Trinajstić information content (AvgIpc) is 2.95. The predicted molar refractivity (Wildman–Crippen MR) is 101 cm³/mol. The highest BCUT2D eigenvalue weighted by Crippen LogP contribution is 2.28. The Morgan fingerprint density at radius 3 is 2.64 bits per heavy atom. The number of carbonyl (C=O) groups excluding carboxylic acids is 1. The number of nitrogens with zero attached hydrogens (tertiary/aromatic N) is 4. The first kappa shape index (κ1) is 20.4. The van der Waals surface area contributed by atoms with Gasteiger partial charge in [-0.2, -0.15) is 9.29 Å². The summed E-state index contributed by atoms with van der Waals surface area (Å²) >= 11 is 0. The maximum absolute atomic E-state index is 12.5. The Kier molecular flexibility index (Phi) is 6.42. The molecule has 1 amide bonds. The van der Waals surface area contributed by atoms with Crippen molar-refractivity contribution in [1.29, 1.82) is 0 Å². The maximum atomic E-state index is 12.5. The Morgan fingerprint density at radius 2 is 2.00 bits per heavy atom. The van der Waals surface area contributed by atoms with E-state index in [9.17, 15) is 13.2 Å². The van der Waals surface area contributed by atoms with Gasteiger partial charge in [-0.1, -0.05) is 35.5 Å². The van der Waals surface area contributed by atoms with Gasteiger partial charge in [-0.3, -0.25) is 4.79 Å². The number of aromatic nitrogens is 2. The van der Waals surface area contributed by atoms with E-state index in [-0.39, 0.29) is 31.5 Å². The molecule has 1 atom stereocenters. The summed E-state index contributed by atoms with van der Waals surface area (Å²) < 4.78 is 36.5. The van der Waals surface area contributed by atoms with Crippen LogP contribution in [-0.4, -0.2) is 66.2 Å². The molecule has 2 heterocycles. The molecule has 0 bridgehead atoms. The number of amides is 1. The number of benzene rings is 1. The van der Waals surface area contributed by atoms with Gasteiger partial charge in [0.05, 0.1) is 12.9 Å². The third-order valence-corrected chi connectivity index (χ3v) is 5.84. The van der Waals surface area contributed by atoms with E-state index < -0.39 is 16.1 Å². The van der Waals surface area contributed by atoms with E-state index in [4.69, 9.17) is 9.26 Å². The topological polar surface area (TPSA) is 106 Å². The summed E-state index contributed by atoms with van der Waals surface area (Å²) in [5.41, 5.74) is 0.987. The van der Waals surface area contributed by atoms with Gasteiger partial charge < -0.3 is 14.2 Å². The lowest BCUT2D eigenvalue weighted by molar-refractivity contribution is -0.136. The minimum absolute atomic E-state index is 0.0574. The summed E-state index contributed by atoms with van der Waals surface area (Å²) in [6, 6.07) is 9.01. The molecule has 0 radical (unpaired) electrons. The molecule has 1 saturated heterocycles. The number of hydrogen-bond acceptors (Lipinski definition) is 7. The molecule has 1 aromatic heterocycles. The zero-order chi connectivity index (χ0) is 20.1. The lowest BCUT2D eigenvalue weighted by Gasteiger charge is -2.24. The summed E-state index contributed by atoms with van der Waals surface area (Å²) in [6.45, 7) is 2.79. The van der Waals surface area contributed by atoms with Gasteiger partial charge in [-0.25, -0.2) is 8.42 Å². The van der Waals surface area contributed by atoms with Crippen molar-refractivity contribution < 1.29 is 22.5 Å². The Morgan fingerprint density at radius 1 is 1.25 bits per heavy atom. The second kappa shape index (κ2) is 8.80. The molecule has 9 nitrogen and oxygen atoms in total. The molecule has 1 aliphatic heterocycles. The van der Waals surface area contributed by atoms with Gasteiger partial charge in [-0.05, 0) is 18.9 Å². The molecular weight excluding hydrogens is 384 g/mol. The Hall–Kier alpha value is -2.30. The van der Waals surface area contributed by atoms with Gasteiger partial charge in [0.15, 0.2) is 5.82 Å². The van der Waals surface area contributed by atoms with Crippen LogP contribution in [0.4, 0.5) is 0 Å². The average molecular weight is 408 g/mol. The fraction of sp³-hybridized carbons (Fsp3) is 0.500. The highest BCUT2D eigenvalue weighted by molar-refractivity contribution is 7.88. The van der Waals surface area contributed by atoms with Crippen LogP contribution in [0.1, 0.15) is 29.7 Å². The van der Waals surface area contributed by atoms with Gasteiger partial charge in [0, 0.05) is 19.6 Å². The monoisotopic (exact) mass is 408 g/mol. The highest BCUT2D eigenvalue weighted by Gasteiger charge is 2.35. The van der Waals surface area contributed by atoms with Crippen molar-refractivity contribution >= 4 is 15.9 Å². The van der Waals surface area contributed by atoms with E-state index in [1.165, 1.54) is 4.31 Å². The Labute approximate surface area is 164 Å². The van der Waals surface area contributed by atoms with Crippen molar-refractivity contribution in [1.82, 2.24) is 19.3 Å². The summed E-state index contributed by atoms with van der Waals surface area (Å²) in [7, 11) is -3.50. The fourth-order valence-corrected chi connectivity index (χ4v) is 4.24. The van der Waals surface area contributed by atoms with E-state index >= 15 is 0 Å². The second-order valence-corrected chi connectivity index (χ2v) is 8.65. The SMILES string of the molecule is Cc1noc(C2CCN(C(=O)COCc3ccccc3)CCN2S(C)(=O)=O)n1. The third-order valence-electron chi connectivity index (χ3n) is 4.55. The minimum atomic E-state index is -3.50. The summed E-state index contributed by atoms with van der Waals surface area (Å²) in [5, 5.41) is 3.75. The van der Waals surface area contributed by atoms with Crippen LogP contribution in [-0.2, 0) is 26.2 Å². The molecule has 28 heavy (non-hydrogen) atoms. The molecule has 3 rings (SSSR count). The van der Waals surface area contributed by atoms with E-state index in [2.05, 4.69) is 10.1 Å². The molecule has 0 saturated carbocycles. The van der Waals surface area contributed by atoms with Crippen LogP contribution >= 0.6 is 0 Å². The molecule has 0 N–H and O–H groups in total. The van der Waals surface area contributed by atoms with Gasteiger partial charge in [0.1, 0.15) is 12.6 Å². The molecule has 1 aliphatic rings. The number of ether oxygens (including phenoxy) is 1. The van der Waals surface area contributed by atoms with Crippen molar-refractivity contribution in [2.75, 3.05) is 32.5 Å². The zero-order valence-electron chi connectivity index (χ0n) is 15.9. The van der Waals surface area contributed by atoms with Gasteiger partial charge >= 0.3 is 0 Å². The molecule has 152 valence electrons. The molecule has 10 heteroatoms. The number of rotatable bonds is 6. The van der Waals surface area contributed by atoms with Crippen LogP contribution in [0.15, 0.2) is 34.9 Å². The Bertz CT molecular complexity index is 900. The smallest absolute Gasteiger partial charge is 0.248 e. The zero-order valence-corrected chi connectivity index (χ0v) is 16.8. The van der Waals surface area contributed by atoms with Crippen molar-refractivity contribution in [2.45, 2.75) is 26.0 Å². The van der Waals surface area contributed by atoms with Crippen molar-refractivity contribution in [3.8, 4) is 0 Å². The molecular formula is C18H24N4O5S. The van der Waals surface area contributed by atoms with Crippen LogP contribution in [0.5, 0.6) is 0 Å². The lowest BCUT2D eigenvalue weighted by atomic mass is 10.2. The third kappa shape index (κ3) is 5.15. The van der Waals surface area contributed by atoms with Gasteiger partial charge in [0.2, 0.25) is 21.8 Å². The van der Waals surface area contributed by atoms with Gasteiger partial charge in [0.25, 0.3) is 0 Å². The Balaban J connectivity index is 1.63. The van der Waals surface area contributed by atoms with Crippen molar-refractivity contribution in [3.05, 3.63) is 47.6 Å². The normalized spacial score (nSPS) is 18.8. The van der Waals surface area contributed by atoms with E-state index in [0.29, 0.717) is 25.4 Å². The predicted octanol–water partition coefficient (Wildman–Crippen LogP) is 1.13. The molecule has 2 aromatic rings. The van der Waals surface area contributed by atoms with Crippen molar-refractivity contribution in [2.24, 2.45) is 0 Å². The summed E-state index contributed by atoms with van der Waals surface area (Å²) in [6.07, 6.45) is 1.52. The molecule has 1 fully saturated rings. The van der Waals surface area contributed by atoms with E-state index in [0.717, 1.165) is 11.8 Å². The van der Waals surface area contributed by atoms with Gasteiger partial charge in [-0.15, -0.1) is 0 Å². The van der Waals surface area contributed by atoms with E-state index in [1.54, 1.807) is 11.8 Å². The molecule has 1 aromatic carbocycles. The number of carbonyl (C=O) groups is 1. The standard InChI is InChI=1S/C18H24N4O5S/c1-14-19-18(27-20-14)16-8-9-21(10-11-22(16)28(2,24)25)17(23)13-26-12-15-6-4-3-5-7-15/h3-7,16H,8-13H2,1-2H3. The minimum Gasteiger partial charge on any atom is -0.367 e. The van der Waals surface area contributed by atoms with Crippen LogP contribution in [0.25, 0.3) is 0 Å². The maximum Gasteiger partial charge on any atom is 0.248 e. The largest absolute Gasteiger partial charge is 0.367 e. The first-order valence-corrected chi connectivity index (χ1v) is 10.9. The number of hydrogen-bond donors (Lipinski definition) is 0. The van der Waals surface area contributed by atoms with Crippen LogP contribution in [0.3, 0.4) is 0 Å². The first-order valence-electron chi connectivity index (χ1n) is 9.01. The lowest BCUT2D eigenvalue weighted by Crippen LogP contribution is -2.39.